The molecule has 68 valence electrons. The van der Waals surface area contributed by atoms with Crippen LogP contribution in [0.25, 0.3) is 0 Å². The lowest BCUT2D eigenvalue weighted by molar-refractivity contribution is 0.0994. The van der Waals surface area contributed by atoms with Crippen LogP contribution in [-0.2, 0) is 18.3 Å². The minimum atomic E-state index is -0.607. The second-order valence-electron chi connectivity index (χ2n) is 2.51. The zero-order chi connectivity index (χ0) is 9.84. The fourth-order valence-electron chi connectivity index (χ4n) is 0.998. The maximum Gasteiger partial charge on any atom is 0.305 e. The lowest BCUT2D eigenvalue weighted by Crippen LogP contribution is -2.03. The molecule has 0 unspecified atom stereocenters. The topological polar surface area (TPSA) is 64.3 Å². The Bertz CT molecular complexity index is 375. The Morgan fingerprint density at radius 3 is 2.92 bits per heavy atom. The third-order valence-corrected chi connectivity index (χ3v) is 1.66. The predicted molar refractivity (Wildman–Crippen MR) is 45.0 cm³/mol. The maximum absolute atomic E-state index is 11.1. The summed E-state index contributed by atoms with van der Waals surface area (Å²) in [7, 11) is 1.63. The quantitative estimate of drug-likeness (QED) is 0.489. The molecule has 1 aromatic heterocycles. The molecule has 0 aliphatic rings. The van der Waals surface area contributed by atoms with Crippen molar-refractivity contribution < 1.29 is 9.59 Å². The van der Waals surface area contributed by atoms with Crippen molar-refractivity contribution in [3.05, 3.63) is 17.5 Å². The smallest absolute Gasteiger partial charge is 0.264 e. The van der Waals surface area contributed by atoms with E-state index in [1.807, 2.05) is 6.92 Å². The van der Waals surface area contributed by atoms with Gasteiger partial charge in [-0.05, 0) is 12.5 Å². The van der Waals surface area contributed by atoms with Gasteiger partial charge in [-0.1, -0.05) is 6.92 Å². The Labute approximate surface area is 75.1 Å². The van der Waals surface area contributed by atoms with Gasteiger partial charge < -0.3 is 0 Å². The van der Waals surface area contributed by atoms with E-state index in [1.54, 1.807) is 13.1 Å². The van der Waals surface area contributed by atoms with Gasteiger partial charge in [-0.25, -0.2) is 4.79 Å². The Balaban J connectivity index is 3.07. The number of aliphatic imine (C=N–C) groups is 1. The molecule has 0 N–H and O–H groups in total. The van der Waals surface area contributed by atoms with E-state index in [9.17, 15) is 9.59 Å². The Kier molecular flexibility index (Phi) is 2.72. The van der Waals surface area contributed by atoms with Gasteiger partial charge in [0.2, 0.25) is 6.08 Å². The maximum atomic E-state index is 11.1. The lowest BCUT2D eigenvalue weighted by atomic mass is 10.3. The summed E-state index contributed by atoms with van der Waals surface area (Å²) < 4.78 is 1.40. The number of carbonyl (C=O) groups is 1. The van der Waals surface area contributed by atoms with Gasteiger partial charge in [0, 0.05) is 7.05 Å². The monoisotopic (exact) mass is 179 g/mol. The number of hydrogen-bond donors (Lipinski definition) is 0. The molecule has 0 radical (unpaired) electrons. The Hall–Kier alpha value is -1.74. The standard InChI is InChI=1S/C8H9N3O2/c1-3-6-4-7(11(2)10-6)8(13)9-5-12/h4H,3H2,1-2H3. The SMILES string of the molecule is CCc1cc(C(=O)N=C=O)n(C)n1. The predicted octanol–water partition coefficient (Wildman–Crippen LogP) is 0.458. The molecule has 1 rings (SSSR count). The molecule has 0 bridgehead atoms. The highest BCUT2D eigenvalue weighted by atomic mass is 16.2. The first-order valence-electron chi connectivity index (χ1n) is 3.84. The van der Waals surface area contributed by atoms with Gasteiger partial charge in [0.1, 0.15) is 5.69 Å². The first-order valence-corrected chi connectivity index (χ1v) is 3.84. The van der Waals surface area contributed by atoms with Crippen LogP contribution in [0.5, 0.6) is 0 Å². The second-order valence-corrected chi connectivity index (χ2v) is 2.51. The second kappa shape index (κ2) is 3.78. The first-order chi connectivity index (χ1) is 6.19. The molecule has 13 heavy (non-hydrogen) atoms. The summed E-state index contributed by atoms with van der Waals surface area (Å²) >= 11 is 0. The van der Waals surface area contributed by atoms with Crippen molar-refractivity contribution in [3.63, 3.8) is 0 Å². The molecule has 0 saturated carbocycles. The van der Waals surface area contributed by atoms with Crippen LogP contribution in [0.1, 0.15) is 23.1 Å². The van der Waals surface area contributed by atoms with E-state index in [0.29, 0.717) is 5.69 Å². The lowest BCUT2D eigenvalue weighted by Gasteiger charge is -1.91. The molecule has 0 saturated heterocycles. The van der Waals surface area contributed by atoms with Gasteiger partial charge >= 0.3 is 5.91 Å². The summed E-state index contributed by atoms with van der Waals surface area (Å²) in [5, 5.41) is 4.04. The van der Waals surface area contributed by atoms with Crippen molar-refractivity contribution >= 4 is 12.0 Å². The van der Waals surface area contributed by atoms with E-state index < -0.39 is 5.91 Å². The fourth-order valence-corrected chi connectivity index (χ4v) is 0.998. The summed E-state index contributed by atoms with van der Waals surface area (Å²) in [5.41, 5.74) is 1.10. The molecular weight excluding hydrogens is 170 g/mol. The van der Waals surface area contributed by atoms with Crippen molar-refractivity contribution in [1.82, 2.24) is 9.78 Å². The zero-order valence-corrected chi connectivity index (χ0v) is 7.44. The molecule has 1 heterocycles. The number of nitrogens with zero attached hydrogens (tertiary/aromatic N) is 3. The molecule has 0 atom stereocenters. The van der Waals surface area contributed by atoms with Crippen LogP contribution in [0.4, 0.5) is 0 Å². The van der Waals surface area contributed by atoms with Gasteiger partial charge in [-0.2, -0.15) is 5.10 Å². The highest BCUT2D eigenvalue weighted by molar-refractivity contribution is 5.96. The number of carbonyl (C=O) groups excluding carboxylic acids is 2. The number of aryl methyl sites for hydroxylation is 2. The van der Waals surface area contributed by atoms with Crippen LogP contribution in [0.15, 0.2) is 11.1 Å². The third-order valence-electron chi connectivity index (χ3n) is 1.66. The number of hydrogen-bond acceptors (Lipinski definition) is 3. The Morgan fingerprint density at radius 2 is 2.46 bits per heavy atom. The highest BCUT2D eigenvalue weighted by Crippen LogP contribution is 2.04. The molecule has 1 amide bonds. The summed E-state index contributed by atoms with van der Waals surface area (Å²) in [6.45, 7) is 1.93. The van der Waals surface area contributed by atoms with Crippen LogP contribution in [-0.4, -0.2) is 21.8 Å². The van der Waals surface area contributed by atoms with Crippen LogP contribution >= 0.6 is 0 Å². The van der Waals surface area contributed by atoms with Gasteiger partial charge in [-0.15, -0.1) is 4.99 Å². The van der Waals surface area contributed by atoms with E-state index in [4.69, 9.17) is 0 Å². The van der Waals surface area contributed by atoms with Gasteiger partial charge in [-0.3, -0.25) is 9.48 Å². The zero-order valence-electron chi connectivity index (χ0n) is 7.44. The van der Waals surface area contributed by atoms with E-state index in [1.165, 1.54) is 10.8 Å². The molecule has 1 aromatic rings. The van der Waals surface area contributed by atoms with Gasteiger partial charge in [0.05, 0.1) is 5.69 Å². The van der Waals surface area contributed by atoms with Crippen molar-refractivity contribution in [2.75, 3.05) is 0 Å². The summed E-state index contributed by atoms with van der Waals surface area (Å²) in [4.78, 5) is 23.9. The van der Waals surface area contributed by atoms with Crippen molar-refractivity contribution in [3.8, 4) is 0 Å². The van der Waals surface area contributed by atoms with E-state index in [-0.39, 0.29) is 0 Å². The van der Waals surface area contributed by atoms with Crippen molar-refractivity contribution in [1.29, 1.82) is 0 Å². The van der Waals surface area contributed by atoms with E-state index in [2.05, 4.69) is 10.1 Å². The molecule has 0 aliphatic carbocycles. The minimum Gasteiger partial charge on any atom is -0.264 e. The molecule has 5 nitrogen and oxygen atoms in total. The van der Waals surface area contributed by atoms with Crippen molar-refractivity contribution in [2.45, 2.75) is 13.3 Å². The molecular formula is C8H9N3O2. The van der Waals surface area contributed by atoms with Crippen LogP contribution < -0.4 is 0 Å². The van der Waals surface area contributed by atoms with E-state index in [0.717, 1.165) is 12.1 Å². The number of isocyanates is 1. The van der Waals surface area contributed by atoms with Gasteiger partial charge in [0.15, 0.2) is 0 Å². The summed E-state index contributed by atoms with van der Waals surface area (Å²) in [5.74, 6) is -0.607. The molecule has 5 heteroatoms. The highest BCUT2D eigenvalue weighted by Gasteiger charge is 2.10. The fraction of sp³-hybridized carbons (Fsp3) is 0.375. The first kappa shape index (κ1) is 9.35. The Morgan fingerprint density at radius 1 is 1.77 bits per heavy atom. The molecule has 0 spiro atoms. The van der Waals surface area contributed by atoms with Crippen LogP contribution in [0.2, 0.25) is 0 Å². The summed E-state index contributed by atoms with van der Waals surface area (Å²) in [6, 6.07) is 1.61. The van der Waals surface area contributed by atoms with Crippen LogP contribution in [0, 0.1) is 0 Å². The number of amides is 1. The third kappa shape index (κ3) is 1.89. The average molecular weight is 179 g/mol. The molecule has 0 aliphatic heterocycles. The largest absolute Gasteiger partial charge is 0.305 e. The normalized spacial score (nSPS) is 9.38. The number of rotatable bonds is 2. The van der Waals surface area contributed by atoms with Gasteiger partial charge in [0.25, 0.3) is 0 Å². The molecule has 0 fully saturated rings. The van der Waals surface area contributed by atoms with Crippen molar-refractivity contribution in [2.24, 2.45) is 12.0 Å². The average Bonchev–Trinajstić information content (AvgIpc) is 2.47. The summed E-state index contributed by atoms with van der Waals surface area (Å²) in [6.07, 6.45) is 1.95. The van der Waals surface area contributed by atoms with E-state index >= 15 is 0 Å². The number of aromatic nitrogens is 2. The van der Waals surface area contributed by atoms with Crippen LogP contribution in [0.3, 0.4) is 0 Å². The minimum absolute atomic E-state index is 0.306. The molecule has 0 aromatic carbocycles.